The van der Waals surface area contributed by atoms with Crippen LogP contribution in [0.2, 0.25) is 0 Å². The normalized spacial score (nSPS) is 9.68. The molecule has 0 saturated heterocycles. The molecule has 0 aliphatic rings. The largest absolute Gasteiger partial charge is 0.493 e. The van der Waals surface area contributed by atoms with Crippen LogP contribution in [0, 0.1) is 25.7 Å². The summed E-state index contributed by atoms with van der Waals surface area (Å²) in [6.45, 7) is 3.67. The lowest BCUT2D eigenvalue weighted by molar-refractivity contribution is 0.355. The van der Waals surface area contributed by atoms with Crippen LogP contribution in [0.1, 0.15) is 22.9 Å². The van der Waals surface area contributed by atoms with E-state index in [0.29, 0.717) is 23.1 Å². The zero-order valence-corrected chi connectivity index (χ0v) is 11.4. The molecule has 0 fully saturated rings. The number of hydrogen-bond donors (Lipinski definition) is 0. The van der Waals surface area contributed by atoms with Crippen LogP contribution < -0.4 is 9.47 Å². The van der Waals surface area contributed by atoms with E-state index in [1.165, 1.54) is 0 Å². The second kappa shape index (κ2) is 5.49. The summed E-state index contributed by atoms with van der Waals surface area (Å²) in [5.41, 5.74) is 1.62. The summed E-state index contributed by atoms with van der Waals surface area (Å²) in [5.74, 6) is 8.53. The van der Waals surface area contributed by atoms with Gasteiger partial charge in [0.05, 0.1) is 19.9 Å². The molecule has 2 aromatic rings. The molecular weight excluding hydrogens is 242 g/mol. The molecule has 0 aliphatic carbocycles. The Kier molecular flexibility index (Phi) is 3.76. The third-order valence-electron chi connectivity index (χ3n) is 2.61. The summed E-state index contributed by atoms with van der Waals surface area (Å²) in [6, 6.07) is 5.51. The van der Waals surface area contributed by atoms with E-state index >= 15 is 0 Å². The van der Waals surface area contributed by atoms with Crippen LogP contribution in [0.15, 0.2) is 22.6 Å². The average Bonchev–Trinajstić information content (AvgIpc) is 2.74. The Morgan fingerprint density at radius 2 is 1.79 bits per heavy atom. The Balaban J connectivity index is 2.32. The van der Waals surface area contributed by atoms with Gasteiger partial charge in [0.25, 0.3) is 0 Å². The van der Waals surface area contributed by atoms with Crippen LogP contribution in [-0.2, 0) is 0 Å². The second-order valence-corrected chi connectivity index (χ2v) is 3.97. The van der Waals surface area contributed by atoms with Gasteiger partial charge >= 0.3 is 0 Å². The molecule has 0 saturated carbocycles. The highest BCUT2D eigenvalue weighted by Gasteiger charge is 2.04. The third kappa shape index (κ3) is 2.89. The number of aromatic nitrogens is 1. The predicted octanol–water partition coefficient (Wildman–Crippen LogP) is 2.71. The zero-order chi connectivity index (χ0) is 13.8. The smallest absolute Gasteiger partial charge is 0.200 e. The minimum absolute atomic E-state index is 0.590. The molecule has 0 radical (unpaired) electrons. The summed E-state index contributed by atoms with van der Waals surface area (Å²) in [4.78, 5) is 4.17. The van der Waals surface area contributed by atoms with Crippen LogP contribution >= 0.6 is 0 Å². The molecule has 0 N–H and O–H groups in total. The Bertz CT molecular complexity index is 647. The van der Waals surface area contributed by atoms with Crippen molar-refractivity contribution in [2.45, 2.75) is 13.8 Å². The molecule has 4 heteroatoms. The number of nitrogens with zero attached hydrogens (tertiary/aromatic N) is 1. The van der Waals surface area contributed by atoms with E-state index in [1.54, 1.807) is 21.1 Å². The van der Waals surface area contributed by atoms with Gasteiger partial charge in [-0.3, -0.25) is 0 Å². The van der Waals surface area contributed by atoms with Gasteiger partial charge in [-0.25, -0.2) is 4.98 Å². The fourth-order valence-corrected chi connectivity index (χ4v) is 1.69. The molecule has 0 aliphatic heterocycles. The van der Waals surface area contributed by atoms with Crippen molar-refractivity contribution in [3.8, 4) is 23.3 Å². The van der Waals surface area contributed by atoms with E-state index in [1.807, 2.05) is 25.1 Å². The van der Waals surface area contributed by atoms with Crippen molar-refractivity contribution in [1.29, 1.82) is 0 Å². The van der Waals surface area contributed by atoms with Gasteiger partial charge in [0.15, 0.2) is 17.4 Å². The van der Waals surface area contributed by atoms with Gasteiger partial charge in [-0.15, -0.1) is 0 Å². The first kappa shape index (κ1) is 13.0. The highest BCUT2D eigenvalue weighted by Crippen LogP contribution is 2.27. The molecule has 0 spiro atoms. The van der Waals surface area contributed by atoms with Crippen LogP contribution in [-0.4, -0.2) is 19.2 Å². The number of benzene rings is 1. The molecule has 2 rings (SSSR count). The molecule has 1 aromatic heterocycles. The average molecular weight is 257 g/mol. The molecule has 4 nitrogen and oxygen atoms in total. The second-order valence-electron chi connectivity index (χ2n) is 3.97. The molecule has 0 bridgehead atoms. The van der Waals surface area contributed by atoms with Gasteiger partial charge in [0.1, 0.15) is 0 Å². The summed E-state index contributed by atoms with van der Waals surface area (Å²) in [7, 11) is 3.20. The lowest BCUT2D eigenvalue weighted by Gasteiger charge is -2.06. The molecular formula is C15H15NO3. The number of aryl methyl sites for hydroxylation is 2. The maximum Gasteiger partial charge on any atom is 0.200 e. The van der Waals surface area contributed by atoms with Crippen molar-refractivity contribution in [3.05, 3.63) is 41.1 Å². The molecule has 1 aromatic carbocycles. The molecule has 0 atom stereocenters. The predicted molar refractivity (Wildman–Crippen MR) is 71.5 cm³/mol. The van der Waals surface area contributed by atoms with Gasteiger partial charge in [-0.1, -0.05) is 5.92 Å². The first-order valence-corrected chi connectivity index (χ1v) is 5.82. The van der Waals surface area contributed by atoms with E-state index in [2.05, 4.69) is 16.8 Å². The first-order chi connectivity index (χ1) is 9.13. The third-order valence-corrected chi connectivity index (χ3v) is 2.61. The van der Waals surface area contributed by atoms with Crippen molar-refractivity contribution < 1.29 is 13.9 Å². The monoisotopic (exact) mass is 257 g/mol. The summed E-state index contributed by atoms with van der Waals surface area (Å²) < 4.78 is 15.8. The van der Waals surface area contributed by atoms with Crippen LogP contribution in [0.3, 0.4) is 0 Å². The topological polar surface area (TPSA) is 44.5 Å². The fourth-order valence-electron chi connectivity index (χ4n) is 1.69. The molecule has 98 valence electrons. The Morgan fingerprint density at radius 1 is 1.05 bits per heavy atom. The summed E-state index contributed by atoms with van der Waals surface area (Å²) in [6.07, 6.45) is 0. The number of ether oxygens (including phenoxy) is 2. The highest BCUT2D eigenvalue weighted by atomic mass is 16.5. The van der Waals surface area contributed by atoms with E-state index in [0.717, 1.165) is 11.3 Å². The quantitative estimate of drug-likeness (QED) is 0.776. The van der Waals surface area contributed by atoms with E-state index in [-0.39, 0.29) is 0 Å². The van der Waals surface area contributed by atoms with Gasteiger partial charge in [0.2, 0.25) is 5.76 Å². The van der Waals surface area contributed by atoms with Crippen LogP contribution in [0.25, 0.3) is 0 Å². The lowest BCUT2D eigenvalue weighted by Crippen LogP contribution is -1.90. The van der Waals surface area contributed by atoms with E-state index in [4.69, 9.17) is 13.9 Å². The van der Waals surface area contributed by atoms with Crippen molar-refractivity contribution in [2.24, 2.45) is 0 Å². The van der Waals surface area contributed by atoms with Gasteiger partial charge in [-0.2, -0.15) is 0 Å². The summed E-state index contributed by atoms with van der Waals surface area (Å²) >= 11 is 0. The Morgan fingerprint density at radius 3 is 2.37 bits per heavy atom. The number of methoxy groups -OCH3 is 2. The Labute approximate surface area is 112 Å². The number of rotatable bonds is 2. The summed E-state index contributed by atoms with van der Waals surface area (Å²) in [5, 5.41) is 0. The van der Waals surface area contributed by atoms with Crippen molar-refractivity contribution in [3.63, 3.8) is 0 Å². The van der Waals surface area contributed by atoms with E-state index < -0.39 is 0 Å². The SMILES string of the molecule is COc1ccc(C#Cc2oc(C)nc2C)cc1OC. The van der Waals surface area contributed by atoms with E-state index in [9.17, 15) is 0 Å². The van der Waals surface area contributed by atoms with Crippen LogP contribution in [0.5, 0.6) is 11.5 Å². The highest BCUT2D eigenvalue weighted by molar-refractivity contribution is 5.49. The van der Waals surface area contributed by atoms with Crippen molar-refractivity contribution in [1.82, 2.24) is 4.98 Å². The van der Waals surface area contributed by atoms with Gasteiger partial charge < -0.3 is 13.9 Å². The lowest BCUT2D eigenvalue weighted by atomic mass is 10.2. The number of hydrogen-bond acceptors (Lipinski definition) is 4. The molecule has 1 heterocycles. The molecule has 0 amide bonds. The zero-order valence-electron chi connectivity index (χ0n) is 11.4. The Hall–Kier alpha value is -2.41. The number of oxazole rings is 1. The maximum absolute atomic E-state index is 5.40. The maximum atomic E-state index is 5.40. The van der Waals surface area contributed by atoms with Crippen molar-refractivity contribution in [2.75, 3.05) is 14.2 Å². The molecule has 19 heavy (non-hydrogen) atoms. The van der Waals surface area contributed by atoms with Crippen molar-refractivity contribution >= 4 is 0 Å². The fraction of sp³-hybridized carbons (Fsp3) is 0.267. The first-order valence-electron chi connectivity index (χ1n) is 5.82. The van der Waals surface area contributed by atoms with Gasteiger partial charge in [0, 0.05) is 12.5 Å². The minimum atomic E-state index is 0.590. The standard InChI is InChI=1S/C15H15NO3/c1-10-13(19-11(2)16-10)7-5-12-6-8-14(17-3)15(9-12)18-4/h6,8-9H,1-4H3. The van der Waals surface area contributed by atoms with Crippen LogP contribution in [0.4, 0.5) is 0 Å². The molecule has 0 unspecified atom stereocenters. The minimum Gasteiger partial charge on any atom is -0.493 e. The van der Waals surface area contributed by atoms with Gasteiger partial charge in [-0.05, 0) is 31.0 Å².